The molecular weight excluding hydrogens is 341 g/mol. The Morgan fingerprint density at radius 3 is 2.60 bits per heavy atom. The van der Waals surface area contributed by atoms with Crippen molar-refractivity contribution in [3.8, 4) is 11.3 Å². The summed E-state index contributed by atoms with van der Waals surface area (Å²) in [6.45, 7) is 2.03. The molecule has 0 aliphatic carbocycles. The number of rotatable bonds is 5. The number of aromatic nitrogens is 2. The Kier molecular flexibility index (Phi) is 5.14. The molecule has 0 radical (unpaired) electrons. The van der Waals surface area contributed by atoms with Gasteiger partial charge in [0.1, 0.15) is 11.5 Å². The van der Waals surface area contributed by atoms with Crippen molar-refractivity contribution in [2.24, 2.45) is 0 Å². The zero-order chi connectivity index (χ0) is 17.8. The molecule has 128 valence electrons. The molecule has 0 bridgehead atoms. The van der Waals surface area contributed by atoms with E-state index in [2.05, 4.69) is 15.5 Å². The van der Waals surface area contributed by atoms with E-state index in [0.29, 0.717) is 22.8 Å². The van der Waals surface area contributed by atoms with Crippen LogP contribution >= 0.6 is 11.6 Å². The second-order valence-electron chi connectivity index (χ2n) is 5.62. The van der Waals surface area contributed by atoms with E-state index in [1.54, 1.807) is 24.3 Å². The molecule has 25 heavy (non-hydrogen) atoms. The molecule has 0 aliphatic rings. The maximum Gasteiger partial charge on any atom is 0.258 e. The summed E-state index contributed by atoms with van der Waals surface area (Å²) < 4.78 is 13.9. The molecule has 4 nitrogen and oxygen atoms in total. The SMILES string of the molecule is CCCc1[nH]nc(-c2ccc(Cl)cc2)c1NC(=O)c1ccccc1F. The minimum absolute atomic E-state index is 0.00629. The monoisotopic (exact) mass is 357 g/mol. The minimum Gasteiger partial charge on any atom is -0.318 e. The molecule has 1 heterocycles. The first-order valence-electron chi connectivity index (χ1n) is 7.99. The number of halogens is 2. The third-order valence-electron chi connectivity index (χ3n) is 3.82. The van der Waals surface area contributed by atoms with Crippen LogP contribution in [0, 0.1) is 5.82 Å². The van der Waals surface area contributed by atoms with Gasteiger partial charge in [0, 0.05) is 10.6 Å². The summed E-state index contributed by atoms with van der Waals surface area (Å²) >= 11 is 5.94. The number of nitrogens with zero attached hydrogens (tertiary/aromatic N) is 1. The fourth-order valence-electron chi connectivity index (χ4n) is 2.59. The van der Waals surface area contributed by atoms with Crippen molar-refractivity contribution < 1.29 is 9.18 Å². The van der Waals surface area contributed by atoms with Gasteiger partial charge >= 0.3 is 0 Å². The quantitative estimate of drug-likeness (QED) is 0.669. The van der Waals surface area contributed by atoms with E-state index < -0.39 is 11.7 Å². The van der Waals surface area contributed by atoms with Gasteiger partial charge in [-0.25, -0.2) is 4.39 Å². The largest absolute Gasteiger partial charge is 0.318 e. The number of aromatic amines is 1. The standard InChI is InChI=1S/C19H17ClFN3O/c1-2-5-16-18(22-19(25)14-6-3-4-7-15(14)21)17(24-23-16)12-8-10-13(20)11-9-12/h3-4,6-11H,2,5H2,1H3,(H,22,25)(H,23,24). The van der Waals surface area contributed by atoms with E-state index in [1.165, 1.54) is 12.1 Å². The average Bonchev–Trinajstić information content (AvgIpc) is 2.99. The topological polar surface area (TPSA) is 57.8 Å². The van der Waals surface area contributed by atoms with Crippen molar-refractivity contribution >= 4 is 23.2 Å². The third kappa shape index (κ3) is 3.72. The second-order valence-corrected chi connectivity index (χ2v) is 6.05. The Labute approximate surface area is 150 Å². The van der Waals surface area contributed by atoms with E-state index in [1.807, 2.05) is 19.1 Å². The van der Waals surface area contributed by atoms with Crippen LogP contribution in [-0.4, -0.2) is 16.1 Å². The Morgan fingerprint density at radius 1 is 1.20 bits per heavy atom. The summed E-state index contributed by atoms with van der Waals surface area (Å²) in [6, 6.07) is 13.1. The van der Waals surface area contributed by atoms with E-state index in [9.17, 15) is 9.18 Å². The second kappa shape index (κ2) is 7.49. The van der Waals surface area contributed by atoms with Gasteiger partial charge in [-0.3, -0.25) is 9.89 Å². The molecule has 1 aromatic heterocycles. The van der Waals surface area contributed by atoms with Crippen LogP contribution in [0.25, 0.3) is 11.3 Å². The Morgan fingerprint density at radius 2 is 1.92 bits per heavy atom. The highest BCUT2D eigenvalue weighted by Gasteiger charge is 2.19. The first kappa shape index (κ1) is 17.2. The zero-order valence-corrected chi connectivity index (χ0v) is 14.4. The molecule has 6 heteroatoms. The van der Waals surface area contributed by atoms with Crippen LogP contribution in [0.15, 0.2) is 48.5 Å². The number of benzene rings is 2. The highest BCUT2D eigenvalue weighted by atomic mass is 35.5. The highest BCUT2D eigenvalue weighted by Crippen LogP contribution is 2.31. The molecule has 2 aromatic carbocycles. The lowest BCUT2D eigenvalue weighted by molar-refractivity contribution is 0.102. The fraction of sp³-hybridized carbons (Fsp3) is 0.158. The molecule has 3 rings (SSSR count). The summed E-state index contributed by atoms with van der Waals surface area (Å²) in [6.07, 6.45) is 1.60. The van der Waals surface area contributed by atoms with Crippen LogP contribution in [0.3, 0.4) is 0 Å². The Bertz CT molecular complexity index is 890. The summed E-state index contributed by atoms with van der Waals surface area (Å²) in [5.74, 6) is -1.07. The molecular formula is C19H17ClFN3O. The van der Waals surface area contributed by atoms with Gasteiger partial charge in [0.25, 0.3) is 5.91 Å². The van der Waals surface area contributed by atoms with Crippen molar-refractivity contribution in [1.29, 1.82) is 0 Å². The van der Waals surface area contributed by atoms with Crippen LogP contribution < -0.4 is 5.32 Å². The van der Waals surface area contributed by atoms with E-state index >= 15 is 0 Å². The van der Waals surface area contributed by atoms with Crippen molar-refractivity contribution in [2.45, 2.75) is 19.8 Å². The van der Waals surface area contributed by atoms with Gasteiger partial charge in [0.05, 0.1) is 16.9 Å². The van der Waals surface area contributed by atoms with Gasteiger partial charge in [0.2, 0.25) is 0 Å². The fourth-order valence-corrected chi connectivity index (χ4v) is 2.71. The van der Waals surface area contributed by atoms with Crippen LogP contribution in [0.2, 0.25) is 5.02 Å². The summed E-state index contributed by atoms with van der Waals surface area (Å²) in [7, 11) is 0. The van der Waals surface area contributed by atoms with Crippen molar-refractivity contribution in [2.75, 3.05) is 5.32 Å². The summed E-state index contributed by atoms with van der Waals surface area (Å²) in [5.41, 5.74) is 2.78. The van der Waals surface area contributed by atoms with E-state index in [0.717, 1.165) is 17.7 Å². The average molecular weight is 358 g/mol. The first-order valence-corrected chi connectivity index (χ1v) is 8.37. The molecule has 1 amide bonds. The van der Waals surface area contributed by atoms with Gasteiger partial charge in [-0.2, -0.15) is 5.10 Å². The molecule has 0 atom stereocenters. The predicted octanol–water partition coefficient (Wildman–Crippen LogP) is 5.07. The normalized spacial score (nSPS) is 10.7. The number of hydrogen-bond acceptors (Lipinski definition) is 2. The van der Waals surface area contributed by atoms with Gasteiger partial charge in [-0.1, -0.05) is 49.2 Å². The molecule has 3 aromatic rings. The summed E-state index contributed by atoms with van der Waals surface area (Å²) in [4.78, 5) is 12.5. The van der Waals surface area contributed by atoms with Gasteiger partial charge in [-0.15, -0.1) is 0 Å². The number of nitrogens with one attached hydrogen (secondary N) is 2. The Balaban J connectivity index is 1.98. The van der Waals surface area contributed by atoms with Gasteiger partial charge < -0.3 is 5.32 Å². The van der Waals surface area contributed by atoms with E-state index in [4.69, 9.17) is 11.6 Å². The molecule has 2 N–H and O–H groups in total. The maximum absolute atomic E-state index is 13.9. The number of hydrogen-bond donors (Lipinski definition) is 2. The lowest BCUT2D eigenvalue weighted by Gasteiger charge is -2.09. The highest BCUT2D eigenvalue weighted by molar-refractivity contribution is 6.30. The van der Waals surface area contributed by atoms with Crippen LogP contribution in [0.1, 0.15) is 29.4 Å². The molecule has 0 saturated heterocycles. The Hall–Kier alpha value is -2.66. The number of anilines is 1. The van der Waals surface area contributed by atoms with Crippen molar-refractivity contribution in [1.82, 2.24) is 10.2 Å². The predicted molar refractivity (Wildman–Crippen MR) is 97.4 cm³/mol. The van der Waals surface area contributed by atoms with Crippen molar-refractivity contribution in [3.05, 3.63) is 70.6 Å². The van der Waals surface area contributed by atoms with E-state index in [-0.39, 0.29) is 5.56 Å². The number of H-pyrrole nitrogens is 1. The number of aryl methyl sites for hydroxylation is 1. The first-order chi connectivity index (χ1) is 12.1. The maximum atomic E-state index is 13.9. The molecule has 0 saturated carbocycles. The molecule has 0 aliphatic heterocycles. The number of carbonyl (C=O) groups excluding carboxylic acids is 1. The number of amides is 1. The van der Waals surface area contributed by atoms with Crippen LogP contribution in [0.5, 0.6) is 0 Å². The third-order valence-corrected chi connectivity index (χ3v) is 4.07. The van der Waals surface area contributed by atoms with Crippen molar-refractivity contribution in [3.63, 3.8) is 0 Å². The summed E-state index contributed by atoms with van der Waals surface area (Å²) in [5, 5.41) is 10.7. The molecule has 0 unspecified atom stereocenters. The van der Waals surface area contributed by atoms with Crippen LogP contribution in [-0.2, 0) is 6.42 Å². The minimum atomic E-state index is -0.562. The molecule has 0 fully saturated rings. The lowest BCUT2D eigenvalue weighted by Crippen LogP contribution is -2.15. The zero-order valence-electron chi connectivity index (χ0n) is 13.6. The number of carbonyl (C=O) groups is 1. The van der Waals surface area contributed by atoms with Gasteiger partial charge in [-0.05, 0) is 30.7 Å². The van der Waals surface area contributed by atoms with Crippen LogP contribution in [0.4, 0.5) is 10.1 Å². The smallest absolute Gasteiger partial charge is 0.258 e. The lowest BCUT2D eigenvalue weighted by atomic mass is 10.1. The van der Waals surface area contributed by atoms with Gasteiger partial charge in [0.15, 0.2) is 0 Å². The molecule has 0 spiro atoms.